The zero-order chi connectivity index (χ0) is 12.5. The molecule has 0 radical (unpaired) electrons. The first kappa shape index (κ1) is 12.6. The van der Waals surface area contributed by atoms with Gasteiger partial charge in [-0.3, -0.25) is 0 Å². The fraction of sp³-hybridized carbons (Fsp3) is 0.769. The molecule has 1 fully saturated rings. The molecule has 1 aliphatic rings. The summed E-state index contributed by atoms with van der Waals surface area (Å²) in [6, 6.07) is 0. The molecule has 0 spiro atoms. The van der Waals surface area contributed by atoms with Crippen LogP contribution < -0.4 is 5.32 Å². The molecule has 2 rings (SSSR count). The van der Waals surface area contributed by atoms with Gasteiger partial charge in [-0.05, 0) is 19.4 Å². The second-order valence-electron chi connectivity index (χ2n) is 5.62. The van der Waals surface area contributed by atoms with E-state index in [0.29, 0.717) is 0 Å². The molecule has 4 nitrogen and oxygen atoms in total. The van der Waals surface area contributed by atoms with Gasteiger partial charge in [0.25, 0.3) is 0 Å². The number of nitrogens with zero attached hydrogens (tertiary/aromatic N) is 2. The molecule has 4 heteroatoms. The van der Waals surface area contributed by atoms with Crippen molar-refractivity contribution in [2.45, 2.75) is 45.8 Å². The van der Waals surface area contributed by atoms with Crippen molar-refractivity contribution in [3.8, 4) is 0 Å². The monoisotopic (exact) mass is 237 g/mol. The highest BCUT2D eigenvalue weighted by molar-refractivity contribution is 5.13. The number of rotatable bonds is 3. The van der Waals surface area contributed by atoms with Crippen molar-refractivity contribution < 1.29 is 5.11 Å². The molecule has 0 aromatic carbocycles. The molecule has 1 aromatic heterocycles. The lowest BCUT2D eigenvalue weighted by Crippen LogP contribution is -2.55. The average Bonchev–Trinajstić information content (AvgIpc) is 2.72. The van der Waals surface area contributed by atoms with Crippen molar-refractivity contribution in [1.29, 1.82) is 0 Å². The van der Waals surface area contributed by atoms with Crippen LogP contribution in [-0.2, 0) is 12.1 Å². The van der Waals surface area contributed by atoms with Crippen LogP contribution in [0.1, 0.15) is 39.4 Å². The van der Waals surface area contributed by atoms with Crippen LogP contribution in [0.25, 0.3) is 0 Å². The minimum Gasteiger partial charge on any atom is -0.381 e. The van der Waals surface area contributed by atoms with Crippen LogP contribution in [0, 0.1) is 5.41 Å². The lowest BCUT2D eigenvalue weighted by atomic mass is 9.70. The maximum Gasteiger partial charge on any atom is 0.141 e. The SMILES string of the molecule is CCCn1ccnc1C1(O)CCNCC1(C)C. The molecule has 1 aliphatic heterocycles. The highest BCUT2D eigenvalue weighted by Gasteiger charge is 2.49. The van der Waals surface area contributed by atoms with Gasteiger partial charge < -0.3 is 15.0 Å². The van der Waals surface area contributed by atoms with E-state index in [2.05, 4.69) is 35.6 Å². The smallest absolute Gasteiger partial charge is 0.141 e. The van der Waals surface area contributed by atoms with Gasteiger partial charge in [0.15, 0.2) is 0 Å². The van der Waals surface area contributed by atoms with Crippen molar-refractivity contribution in [2.24, 2.45) is 5.41 Å². The number of aromatic nitrogens is 2. The van der Waals surface area contributed by atoms with Crippen molar-refractivity contribution in [1.82, 2.24) is 14.9 Å². The predicted octanol–water partition coefficient (Wildman–Crippen LogP) is 1.50. The fourth-order valence-electron chi connectivity index (χ4n) is 2.66. The zero-order valence-corrected chi connectivity index (χ0v) is 11.0. The van der Waals surface area contributed by atoms with E-state index in [4.69, 9.17) is 0 Å². The van der Waals surface area contributed by atoms with Crippen LogP contribution in [0.2, 0.25) is 0 Å². The number of imidazole rings is 1. The van der Waals surface area contributed by atoms with Gasteiger partial charge >= 0.3 is 0 Å². The van der Waals surface area contributed by atoms with E-state index in [1.54, 1.807) is 6.20 Å². The molecule has 1 atom stereocenters. The van der Waals surface area contributed by atoms with Gasteiger partial charge in [-0.15, -0.1) is 0 Å². The van der Waals surface area contributed by atoms with E-state index in [9.17, 15) is 5.11 Å². The van der Waals surface area contributed by atoms with Gasteiger partial charge in [-0.25, -0.2) is 4.98 Å². The lowest BCUT2D eigenvalue weighted by Gasteiger charge is -2.46. The fourth-order valence-corrected chi connectivity index (χ4v) is 2.66. The predicted molar refractivity (Wildman–Crippen MR) is 67.7 cm³/mol. The van der Waals surface area contributed by atoms with Gasteiger partial charge in [-0.2, -0.15) is 0 Å². The lowest BCUT2D eigenvalue weighted by molar-refractivity contribution is -0.103. The van der Waals surface area contributed by atoms with Crippen molar-refractivity contribution >= 4 is 0 Å². The van der Waals surface area contributed by atoms with E-state index in [1.807, 2.05) is 6.20 Å². The Balaban J connectivity index is 2.38. The second-order valence-corrected chi connectivity index (χ2v) is 5.62. The summed E-state index contributed by atoms with van der Waals surface area (Å²) in [5.41, 5.74) is -1.01. The highest BCUT2D eigenvalue weighted by atomic mass is 16.3. The molecule has 0 amide bonds. The van der Waals surface area contributed by atoms with E-state index >= 15 is 0 Å². The summed E-state index contributed by atoms with van der Waals surface area (Å²) < 4.78 is 2.09. The number of piperidine rings is 1. The van der Waals surface area contributed by atoms with E-state index in [-0.39, 0.29) is 5.41 Å². The molecule has 0 bridgehead atoms. The zero-order valence-electron chi connectivity index (χ0n) is 11.0. The maximum atomic E-state index is 11.0. The Labute approximate surface area is 103 Å². The first-order chi connectivity index (χ1) is 8.01. The molecule has 17 heavy (non-hydrogen) atoms. The third-order valence-corrected chi connectivity index (χ3v) is 3.90. The first-order valence-corrected chi connectivity index (χ1v) is 6.46. The molecule has 1 unspecified atom stereocenters. The Kier molecular flexibility index (Phi) is 3.27. The van der Waals surface area contributed by atoms with E-state index < -0.39 is 5.60 Å². The Hall–Kier alpha value is -0.870. The van der Waals surface area contributed by atoms with Crippen LogP contribution in [0.15, 0.2) is 12.4 Å². The first-order valence-electron chi connectivity index (χ1n) is 6.46. The normalized spacial score (nSPS) is 28.2. The average molecular weight is 237 g/mol. The summed E-state index contributed by atoms with van der Waals surface area (Å²) in [5, 5.41) is 14.4. The van der Waals surface area contributed by atoms with Gasteiger partial charge in [-0.1, -0.05) is 20.8 Å². The molecule has 2 heterocycles. The molecular weight excluding hydrogens is 214 g/mol. The largest absolute Gasteiger partial charge is 0.381 e. The Morgan fingerprint density at radius 2 is 2.29 bits per heavy atom. The van der Waals surface area contributed by atoms with Gasteiger partial charge in [0.05, 0.1) is 0 Å². The minimum absolute atomic E-state index is 0.192. The summed E-state index contributed by atoms with van der Waals surface area (Å²) in [6.07, 6.45) is 5.54. The van der Waals surface area contributed by atoms with Gasteiger partial charge in [0.2, 0.25) is 0 Å². The quantitative estimate of drug-likeness (QED) is 0.837. The minimum atomic E-state index is -0.822. The Morgan fingerprint density at radius 1 is 1.53 bits per heavy atom. The topological polar surface area (TPSA) is 50.1 Å². The third-order valence-electron chi connectivity index (χ3n) is 3.90. The number of hydrogen-bond acceptors (Lipinski definition) is 3. The number of hydrogen-bond donors (Lipinski definition) is 2. The number of nitrogens with one attached hydrogen (secondary N) is 1. The molecule has 1 aromatic rings. The van der Waals surface area contributed by atoms with E-state index in [1.165, 1.54) is 0 Å². The maximum absolute atomic E-state index is 11.0. The van der Waals surface area contributed by atoms with Crippen LogP contribution >= 0.6 is 0 Å². The Morgan fingerprint density at radius 3 is 2.94 bits per heavy atom. The summed E-state index contributed by atoms with van der Waals surface area (Å²) in [4.78, 5) is 4.41. The summed E-state index contributed by atoms with van der Waals surface area (Å²) in [7, 11) is 0. The summed E-state index contributed by atoms with van der Waals surface area (Å²) in [6.45, 7) is 8.93. The van der Waals surface area contributed by atoms with Crippen LogP contribution in [0.4, 0.5) is 0 Å². The van der Waals surface area contributed by atoms with Gasteiger partial charge in [0.1, 0.15) is 11.4 Å². The van der Waals surface area contributed by atoms with Crippen molar-refractivity contribution in [3.63, 3.8) is 0 Å². The highest BCUT2D eigenvalue weighted by Crippen LogP contribution is 2.43. The number of aliphatic hydroxyl groups is 1. The van der Waals surface area contributed by atoms with Crippen LogP contribution in [-0.4, -0.2) is 27.7 Å². The standard InChI is InChI=1S/C13H23N3O/c1-4-8-16-9-7-15-11(16)13(17)5-6-14-10-12(13,2)3/h7,9,14,17H,4-6,8,10H2,1-3H3. The van der Waals surface area contributed by atoms with E-state index in [0.717, 1.165) is 38.3 Å². The summed E-state index contributed by atoms with van der Waals surface area (Å²) in [5.74, 6) is 0.825. The second kappa shape index (κ2) is 4.42. The molecule has 2 N–H and O–H groups in total. The molecule has 0 saturated carbocycles. The molecular formula is C13H23N3O. The van der Waals surface area contributed by atoms with Crippen LogP contribution in [0.5, 0.6) is 0 Å². The van der Waals surface area contributed by atoms with Crippen LogP contribution in [0.3, 0.4) is 0 Å². The third kappa shape index (κ3) is 2.00. The summed E-state index contributed by atoms with van der Waals surface area (Å²) >= 11 is 0. The van der Waals surface area contributed by atoms with Crippen molar-refractivity contribution in [3.05, 3.63) is 18.2 Å². The Bertz CT molecular complexity index is 386. The number of aryl methyl sites for hydroxylation is 1. The van der Waals surface area contributed by atoms with Gasteiger partial charge in [0, 0.05) is 30.9 Å². The molecule has 0 aliphatic carbocycles. The molecule has 1 saturated heterocycles. The van der Waals surface area contributed by atoms with Crippen molar-refractivity contribution in [2.75, 3.05) is 13.1 Å². The molecule has 96 valence electrons.